The van der Waals surface area contributed by atoms with E-state index in [9.17, 15) is 4.79 Å². The Morgan fingerprint density at radius 1 is 1.45 bits per heavy atom. The molecule has 0 spiro atoms. The van der Waals surface area contributed by atoms with E-state index < -0.39 is 6.09 Å². The highest BCUT2D eigenvalue weighted by atomic mass is 16.4. The molecule has 2 rings (SSSR count). The molecule has 2 N–H and O–H groups in total. The molecule has 1 aliphatic rings. The first-order valence-electron chi connectivity index (χ1n) is 7.14. The summed E-state index contributed by atoms with van der Waals surface area (Å²) in [4.78, 5) is 13.2. The summed E-state index contributed by atoms with van der Waals surface area (Å²) in [7, 11) is 0. The van der Waals surface area contributed by atoms with Gasteiger partial charge in [-0.15, -0.1) is 0 Å². The van der Waals surface area contributed by atoms with Crippen molar-refractivity contribution in [1.29, 1.82) is 0 Å². The van der Waals surface area contributed by atoms with Gasteiger partial charge in [0.2, 0.25) is 0 Å². The molecule has 1 aliphatic heterocycles. The third-order valence-electron chi connectivity index (χ3n) is 4.29. The van der Waals surface area contributed by atoms with Crippen molar-refractivity contribution in [2.75, 3.05) is 13.1 Å². The summed E-state index contributed by atoms with van der Waals surface area (Å²) in [5.41, 5.74) is 1.43. The van der Waals surface area contributed by atoms with E-state index in [0.29, 0.717) is 5.92 Å². The summed E-state index contributed by atoms with van der Waals surface area (Å²) in [6, 6.07) is 10.4. The summed E-state index contributed by atoms with van der Waals surface area (Å²) in [5.74, 6) is 0.335. The standard InChI is InChI=1S/C16H24N2O2/c1-12(17-15(19)20)14-10-18(11-16(14,2)3)9-13-7-5-4-6-8-13/h4-8,12,14,17H,9-11H2,1-3H3,(H,19,20). The summed E-state index contributed by atoms with van der Waals surface area (Å²) in [5, 5.41) is 11.5. The number of hydrogen-bond acceptors (Lipinski definition) is 2. The second kappa shape index (κ2) is 5.83. The molecule has 1 fully saturated rings. The molecule has 20 heavy (non-hydrogen) atoms. The number of carbonyl (C=O) groups is 1. The average molecular weight is 276 g/mol. The maximum Gasteiger partial charge on any atom is 0.404 e. The molecule has 2 atom stereocenters. The average Bonchev–Trinajstić information content (AvgIpc) is 2.64. The summed E-state index contributed by atoms with van der Waals surface area (Å²) in [6.45, 7) is 9.28. The van der Waals surface area contributed by atoms with E-state index in [2.05, 4.69) is 48.3 Å². The van der Waals surface area contributed by atoms with E-state index in [0.717, 1.165) is 19.6 Å². The third kappa shape index (κ3) is 3.51. The SMILES string of the molecule is CC(NC(=O)O)C1CN(Cc2ccccc2)CC1(C)C. The minimum Gasteiger partial charge on any atom is -0.465 e. The summed E-state index contributed by atoms with van der Waals surface area (Å²) < 4.78 is 0. The zero-order chi connectivity index (χ0) is 14.8. The Bertz CT molecular complexity index is 459. The first-order valence-corrected chi connectivity index (χ1v) is 7.14. The van der Waals surface area contributed by atoms with Crippen molar-refractivity contribution in [3.63, 3.8) is 0 Å². The number of nitrogens with one attached hydrogen (secondary N) is 1. The second-order valence-corrected chi connectivity index (χ2v) is 6.49. The van der Waals surface area contributed by atoms with Gasteiger partial charge in [0.1, 0.15) is 0 Å². The van der Waals surface area contributed by atoms with Crippen molar-refractivity contribution in [2.24, 2.45) is 11.3 Å². The maximum atomic E-state index is 10.8. The van der Waals surface area contributed by atoms with Crippen LogP contribution in [-0.2, 0) is 6.54 Å². The monoisotopic (exact) mass is 276 g/mol. The molecule has 1 aromatic rings. The molecule has 1 amide bonds. The van der Waals surface area contributed by atoms with Crippen molar-refractivity contribution >= 4 is 6.09 Å². The molecular formula is C16H24N2O2. The molecule has 110 valence electrons. The number of carboxylic acid groups (broad SMARTS) is 1. The van der Waals surface area contributed by atoms with Gasteiger partial charge in [-0.3, -0.25) is 4.90 Å². The predicted octanol–water partition coefficient (Wildman–Crippen LogP) is 2.80. The van der Waals surface area contributed by atoms with E-state index >= 15 is 0 Å². The number of amides is 1. The molecule has 1 saturated heterocycles. The quantitative estimate of drug-likeness (QED) is 0.889. The molecular weight excluding hydrogens is 252 g/mol. The van der Waals surface area contributed by atoms with Crippen LogP contribution in [0, 0.1) is 11.3 Å². The van der Waals surface area contributed by atoms with E-state index in [-0.39, 0.29) is 11.5 Å². The normalized spacial score (nSPS) is 23.4. The first kappa shape index (κ1) is 14.9. The fourth-order valence-electron chi connectivity index (χ4n) is 3.38. The van der Waals surface area contributed by atoms with Crippen molar-refractivity contribution in [1.82, 2.24) is 10.2 Å². The van der Waals surface area contributed by atoms with Crippen LogP contribution in [0.2, 0.25) is 0 Å². The van der Waals surface area contributed by atoms with Gasteiger partial charge in [-0.05, 0) is 23.8 Å². The molecule has 0 aromatic heterocycles. The molecule has 0 bridgehead atoms. The van der Waals surface area contributed by atoms with Crippen molar-refractivity contribution in [2.45, 2.75) is 33.4 Å². The largest absolute Gasteiger partial charge is 0.465 e. The lowest BCUT2D eigenvalue weighted by Gasteiger charge is -2.30. The van der Waals surface area contributed by atoms with Crippen LogP contribution in [0.15, 0.2) is 30.3 Å². The van der Waals surface area contributed by atoms with Crippen LogP contribution < -0.4 is 5.32 Å². The molecule has 0 radical (unpaired) electrons. The number of nitrogens with zero attached hydrogens (tertiary/aromatic N) is 1. The summed E-state index contributed by atoms with van der Waals surface area (Å²) in [6.07, 6.45) is -0.935. The Balaban J connectivity index is 2.01. The van der Waals surface area contributed by atoms with E-state index in [1.165, 1.54) is 5.56 Å². The number of rotatable bonds is 4. The molecule has 0 saturated carbocycles. The van der Waals surface area contributed by atoms with Gasteiger partial charge >= 0.3 is 6.09 Å². The fourth-order valence-corrected chi connectivity index (χ4v) is 3.38. The lowest BCUT2D eigenvalue weighted by atomic mass is 9.78. The number of likely N-dealkylation sites (tertiary alicyclic amines) is 1. The lowest BCUT2D eigenvalue weighted by molar-refractivity contribution is 0.174. The van der Waals surface area contributed by atoms with Crippen LogP contribution in [0.1, 0.15) is 26.3 Å². The van der Waals surface area contributed by atoms with Gasteiger partial charge < -0.3 is 10.4 Å². The van der Waals surface area contributed by atoms with Crippen molar-refractivity contribution in [3.05, 3.63) is 35.9 Å². The Labute approximate surface area is 120 Å². The number of hydrogen-bond donors (Lipinski definition) is 2. The van der Waals surface area contributed by atoms with Crippen molar-refractivity contribution in [3.8, 4) is 0 Å². The van der Waals surface area contributed by atoms with Gasteiger partial charge in [0.25, 0.3) is 0 Å². The molecule has 1 heterocycles. The van der Waals surface area contributed by atoms with Gasteiger partial charge in [0.15, 0.2) is 0 Å². The maximum absolute atomic E-state index is 10.8. The zero-order valence-corrected chi connectivity index (χ0v) is 12.5. The third-order valence-corrected chi connectivity index (χ3v) is 4.29. The lowest BCUT2D eigenvalue weighted by Crippen LogP contribution is -2.43. The van der Waals surface area contributed by atoms with Gasteiger partial charge in [-0.2, -0.15) is 0 Å². The fraction of sp³-hybridized carbons (Fsp3) is 0.562. The van der Waals surface area contributed by atoms with Gasteiger partial charge in [0, 0.05) is 25.7 Å². The highest BCUT2D eigenvalue weighted by Gasteiger charge is 2.42. The Hall–Kier alpha value is -1.55. The Morgan fingerprint density at radius 2 is 2.10 bits per heavy atom. The Morgan fingerprint density at radius 3 is 2.70 bits per heavy atom. The first-order chi connectivity index (χ1) is 9.38. The molecule has 1 aromatic carbocycles. The molecule has 4 nitrogen and oxygen atoms in total. The smallest absolute Gasteiger partial charge is 0.404 e. The zero-order valence-electron chi connectivity index (χ0n) is 12.5. The van der Waals surface area contributed by atoms with Gasteiger partial charge in [0.05, 0.1) is 0 Å². The minimum absolute atomic E-state index is 0.0247. The predicted molar refractivity (Wildman–Crippen MR) is 79.6 cm³/mol. The topological polar surface area (TPSA) is 52.6 Å². The minimum atomic E-state index is -0.935. The van der Waals surface area contributed by atoms with Gasteiger partial charge in [-0.1, -0.05) is 44.2 Å². The van der Waals surface area contributed by atoms with Crippen LogP contribution in [0.4, 0.5) is 4.79 Å². The second-order valence-electron chi connectivity index (χ2n) is 6.49. The van der Waals surface area contributed by atoms with Gasteiger partial charge in [-0.25, -0.2) is 4.79 Å². The van der Waals surface area contributed by atoms with Crippen LogP contribution in [0.3, 0.4) is 0 Å². The molecule has 4 heteroatoms. The number of benzene rings is 1. The van der Waals surface area contributed by atoms with Crippen LogP contribution >= 0.6 is 0 Å². The summed E-state index contributed by atoms with van der Waals surface area (Å²) >= 11 is 0. The van der Waals surface area contributed by atoms with Crippen molar-refractivity contribution < 1.29 is 9.90 Å². The highest BCUT2D eigenvalue weighted by Crippen LogP contribution is 2.37. The van der Waals surface area contributed by atoms with Crippen LogP contribution in [-0.4, -0.2) is 35.2 Å². The molecule has 2 unspecified atom stereocenters. The van der Waals surface area contributed by atoms with E-state index in [1.807, 2.05) is 13.0 Å². The Kier molecular flexibility index (Phi) is 4.33. The van der Waals surface area contributed by atoms with E-state index in [4.69, 9.17) is 5.11 Å². The van der Waals surface area contributed by atoms with Crippen LogP contribution in [0.25, 0.3) is 0 Å². The van der Waals surface area contributed by atoms with Crippen LogP contribution in [0.5, 0.6) is 0 Å². The van der Waals surface area contributed by atoms with E-state index in [1.54, 1.807) is 0 Å². The highest BCUT2D eigenvalue weighted by molar-refractivity contribution is 5.64. The molecule has 0 aliphatic carbocycles.